The molecule has 1 aliphatic rings. The van der Waals surface area contributed by atoms with Gasteiger partial charge in [0, 0.05) is 16.4 Å². The van der Waals surface area contributed by atoms with E-state index in [0.717, 1.165) is 23.0 Å². The van der Waals surface area contributed by atoms with Crippen molar-refractivity contribution in [3.05, 3.63) is 22.8 Å². The molecule has 0 aliphatic carbocycles. The second kappa shape index (κ2) is 4.74. The molecule has 2 heterocycles. The first-order valence-electron chi connectivity index (χ1n) is 5.21. The lowest BCUT2D eigenvalue weighted by Crippen LogP contribution is -2.20. The third kappa shape index (κ3) is 2.29. The number of carbonyl (C=O) groups excluding carboxylic acids is 1. The van der Waals surface area contributed by atoms with Crippen molar-refractivity contribution in [2.24, 2.45) is 5.10 Å². The molecule has 84 valence electrons. The molecule has 0 radical (unpaired) electrons. The summed E-state index contributed by atoms with van der Waals surface area (Å²) in [6, 6.07) is 3.63. The lowest BCUT2D eigenvalue weighted by molar-refractivity contribution is -0.116. The normalized spacial score (nSPS) is 15.5. The van der Waals surface area contributed by atoms with E-state index in [0.29, 0.717) is 12.2 Å². The summed E-state index contributed by atoms with van der Waals surface area (Å²) in [7, 11) is 0. The SMILES string of the molecule is CCCC1=NN(c2ccc(Br)cn2)C(=O)C1. The van der Waals surface area contributed by atoms with E-state index in [1.807, 2.05) is 6.07 Å². The van der Waals surface area contributed by atoms with Gasteiger partial charge in [-0.1, -0.05) is 13.3 Å². The number of hydrogen-bond acceptors (Lipinski definition) is 3. The van der Waals surface area contributed by atoms with Crippen LogP contribution in [0.3, 0.4) is 0 Å². The van der Waals surface area contributed by atoms with Crippen molar-refractivity contribution in [3.63, 3.8) is 0 Å². The number of hydrazone groups is 1. The molecular weight excluding hydrogens is 270 g/mol. The van der Waals surface area contributed by atoms with Gasteiger partial charge in [-0.15, -0.1) is 0 Å². The van der Waals surface area contributed by atoms with Crippen LogP contribution >= 0.6 is 15.9 Å². The Morgan fingerprint density at radius 2 is 2.31 bits per heavy atom. The van der Waals surface area contributed by atoms with Gasteiger partial charge < -0.3 is 0 Å². The van der Waals surface area contributed by atoms with E-state index in [-0.39, 0.29) is 5.91 Å². The van der Waals surface area contributed by atoms with Crippen LogP contribution in [0.25, 0.3) is 0 Å². The van der Waals surface area contributed by atoms with Crippen molar-refractivity contribution in [2.45, 2.75) is 26.2 Å². The molecule has 2 rings (SSSR count). The molecule has 4 nitrogen and oxygen atoms in total. The summed E-state index contributed by atoms with van der Waals surface area (Å²) in [6.07, 6.45) is 3.97. The van der Waals surface area contributed by atoms with Crippen LogP contribution in [0, 0.1) is 0 Å². The molecule has 5 heteroatoms. The molecule has 0 bridgehead atoms. The molecule has 0 unspecified atom stereocenters. The highest BCUT2D eigenvalue weighted by atomic mass is 79.9. The van der Waals surface area contributed by atoms with Crippen molar-refractivity contribution in [1.82, 2.24) is 4.98 Å². The second-order valence-corrected chi connectivity index (χ2v) is 4.55. The Balaban J connectivity index is 2.21. The number of anilines is 1. The number of carbonyl (C=O) groups is 1. The van der Waals surface area contributed by atoms with Crippen LogP contribution in [-0.2, 0) is 4.79 Å². The Hall–Kier alpha value is -1.23. The highest BCUT2D eigenvalue weighted by molar-refractivity contribution is 9.10. The van der Waals surface area contributed by atoms with Crippen LogP contribution in [0.5, 0.6) is 0 Å². The summed E-state index contributed by atoms with van der Waals surface area (Å²) in [5.74, 6) is 0.581. The van der Waals surface area contributed by atoms with Gasteiger partial charge in [-0.3, -0.25) is 4.79 Å². The molecule has 1 aromatic heterocycles. The van der Waals surface area contributed by atoms with Crippen molar-refractivity contribution in [1.29, 1.82) is 0 Å². The van der Waals surface area contributed by atoms with Gasteiger partial charge in [-0.25, -0.2) is 4.98 Å². The van der Waals surface area contributed by atoms with Crippen molar-refractivity contribution in [2.75, 3.05) is 5.01 Å². The molecule has 0 N–H and O–H groups in total. The van der Waals surface area contributed by atoms with Crippen LogP contribution in [0.4, 0.5) is 5.82 Å². The molecule has 0 saturated heterocycles. The maximum absolute atomic E-state index is 11.7. The zero-order valence-corrected chi connectivity index (χ0v) is 10.6. The first-order chi connectivity index (χ1) is 7.70. The minimum atomic E-state index is -0.00160. The van der Waals surface area contributed by atoms with Crippen molar-refractivity contribution in [3.8, 4) is 0 Å². The van der Waals surface area contributed by atoms with E-state index in [2.05, 4.69) is 32.9 Å². The van der Waals surface area contributed by atoms with E-state index in [4.69, 9.17) is 0 Å². The molecule has 16 heavy (non-hydrogen) atoms. The highest BCUT2D eigenvalue weighted by Gasteiger charge is 2.25. The van der Waals surface area contributed by atoms with Crippen LogP contribution in [-0.4, -0.2) is 16.6 Å². The minimum absolute atomic E-state index is 0.00160. The molecule has 1 aliphatic heterocycles. The molecular formula is C11H12BrN3O. The predicted molar refractivity (Wildman–Crippen MR) is 66.4 cm³/mol. The summed E-state index contributed by atoms with van der Waals surface area (Å²) >= 11 is 3.30. The van der Waals surface area contributed by atoms with Crippen molar-refractivity contribution < 1.29 is 4.79 Å². The molecule has 0 fully saturated rings. The monoisotopic (exact) mass is 281 g/mol. The number of nitrogens with zero attached hydrogens (tertiary/aromatic N) is 3. The van der Waals surface area contributed by atoms with Gasteiger partial charge in [0.05, 0.1) is 6.42 Å². The molecule has 0 spiro atoms. The van der Waals surface area contributed by atoms with Crippen LogP contribution in [0.15, 0.2) is 27.9 Å². The first kappa shape index (κ1) is 11.3. The maximum atomic E-state index is 11.7. The standard InChI is InChI=1S/C11H12BrN3O/c1-2-3-9-6-11(16)15(14-9)10-5-4-8(12)7-13-10/h4-5,7H,2-3,6H2,1H3. The minimum Gasteiger partial charge on any atom is -0.272 e. The molecule has 0 saturated carbocycles. The summed E-state index contributed by atoms with van der Waals surface area (Å²) in [6.45, 7) is 2.08. The average Bonchev–Trinajstić information content (AvgIpc) is 2.61. The number of pyridine rings is 1. The Morgan fingerprint density at radius 1 is 1.50 bits per heavy atom. The molecule has 0 aromatic carbocycles. The van der Waals surface area contributed by atoms with Gasteiger partial charge in [-0.05, 0) is 34.5 Å². The summed E-state index contributed by atoms with van der Waals surface area (Å²) in [5, 5.41) is 5.67. The van der Waals surface area contributed by atoms with Gasteiger partial charge in [0.15, 0.2) is 5.82 Å². The average molecular weight is 282 g/mol. The Labute approximate surface area is 102 Å². The smallest absolute Gasteiger partial charge is 0.254 e. The fourth-order valence-electron chi connectivity index (χ4n) is 1.58. The van der Waals surface area contributed by atoms with Crippen LogP contribution < -0.4 is 5.01 Å². The van der Waals surface area contributed by atoms with Crippen molar-refractivity contribution >= 4 is 33.4 Å². The zero-order chi connectivity index (χ0) is 11.5. The van der Waals surface area contributed by atoms with E-state index in [1.54, 1.807) is 12.3 Å². The van der Waals surface area contributed by atoms with Gasteiger partial charge in [0.1, 0.15) is 0 Å². The topological polar surface area (TPSA) is 45.6 Å². The van der Waals surface area contributed by atoms with Gasteiger partial charge >= 0.3 is 0 Å². The fraction of sp³-hybridized carbons (Fsp3) is 0.364. The fourth-order valence-corrected chi connectivity index (χ4v) is 1.82. The van der Waals surface area contributed by atoms with E-state index >= 15 is 0 Å². The van der Waals surface area contributed by atoms with E-state index in [1.165, 1.54) is 5.01 Å². The Kier molecular flexibility index (Phi) is 3.33. The number of rotatable bonds is 3. The number of aromatic nitrogens is 1. The number of amides is 1. The summed E-state index contributed by atoms with van der Waals surface area (Å²) in [4.78, 5) is 15.9. The lowest BCUT2D eigenvalue weighted by Gasteiger charge is -2.09. The first-order valence-corrected chi connectivity index (χ1v) is 6.01. The third-order valence-electron chi connectivity index (χ3n) is 2.30. The Morgan fingerprint density at radius 3 is 2.94 bits per heavy atom. The van der Waals surface area contributed by atoms with Gasteiger partial charge in [0.2, 0.25) is 0 Å². The summed E-state index contributed by atoms with van der Waals surface area (Å²) in [5.41, 5.74) is 0.942. The van der Waals surface area contributed by atoms with Crippen LogP contribution in [0.2, 0.25) is 0 Å². The summed E-state index contributed by atoms with van der Waals surface area (Å²) < 4.78 is 0.889. The molecule has 0 atom stereocenters. The molecule has 1 aromatic rings. The van der Waals surface area contributed by atoms with Gasteiger partial charge in [-0.2, -0.15) is 10.1 Å². The highest BCUT2D eigenvalue weighted by Crippen LogP contribution is 2.20. The third-order valence-corrected chi connectivity index (χ3v) is 2.77. The van der Waals surface area contributed by atoms with E-state index in [9.17, 15) is 4.79 Å². The number of halogens is 1. The maximum Gasteiger partial charge on any atom is 0.254 e. The predicted octanol–water partition coefficient (Wildman–Crippen LogP) is 2.74. The number of hydrogen-bond donors (Lipinski definition) is 0. The lowest BCUT2D eigenvalue weighted by atomic mass is 10.2. The quantitative estimate of drug-likeness (QED) is 0.855. The molecule has 1 amide bonds. The Bertz CT molecular complexity index is 427. The van der Waals surface area contributed by atoms with E-state index < -0.39 is 0 Å². The zero-order valence-electron chi connectivity index (χ0n) is 8.98. The van der Waals surface area contributed by atoms with Gasteiger partial charge in [0.25, 0.3) is 5.91 Å². The second-order valence-electron chi connectivity index (χ2n) is 3.63. The van der Waals surface area contributed by atoms with Crippen LogP contribution in [0.1, 0.15) is 26.2 Å². The largest absolute Gasteiger partial charge is 0.272 e.